The van der Waals surface area contributed by atoms with E-state index in [1.165, 1.54) is 25.7 Å². The van der Waals surface area contributed by atoms with E-state index in [0.717, 1.165) is 23.7 Å². The number of rotatable bonds is 1. The Hall–Kier alpha value is -1.63. The molecule has 110 valence electrons. The lowest BCUT2D eigenvalue weighted by atomic mass is 9.66. The van der Waals surface area contributed by atoms with Crippen LogP contribution in [0.3, 0.4) is 0 Å². The second-order valence-corrected chi connectivity index (χ2v) is 6.53. The Kier molecular flexibility index (Phi) is 2.39. The van der Waals surface area contributed by atoms with Gasteiger partial charge in [-0.05, 0) is 50.2 Å². The summed E-state index contributed by atoms with van der Waals surface area (Å²) in [7, 11) is 0. The minimum atomic E-state index is -0.217. The number of aromatic nitrogens is 2. The van der Waals surface area contributed by atoms with Gasteiger partial charge in [-0.25, -0.2) is 10.1 Å². The highest BCUT2D eigenvalue weighted by Gasteiger charge is 2.53. The molecule has 6 rings (SSSR count). The summed E-state index contributed by atoms with van der Waals surface area (Å²) in [5.41, 5.74) is 8.40. The van der Waals surface area contributed by atoms with E-state index in [1.807, 2.05) is 40.2 Å². The van der Waals surface area contributed by atoms with Gasteiger partial charge in [-0.3, -0.25) is 4.84 Å². The predicted octanol–water partition coefficient (Wildman–Crippen LogP) is 2.00. The third kappa shape index (κ3) is 1.73. The summed E-state index contributed by atoms with van der Waals surface area (Å²) in [6.07, 6.45) is 12.2. The van der Waals surface area contributed by atoms with Gasteiger partial charge in [-0.15, -0.1) is 0 Å². The number of hydrogen-bond donors (Lipinski definition) is 2. The van der Waals surface area contributed by atoms with E-state index in [9.17, 15) is 0 Å². The van der Waals surface area contributed by atoms with E-state index in [0.29, 0.717) is 5.92 Å². The molecule has 1 spiro atoms. The van der Waals surface area contributed by atoms with Crippen LogP contribution in [-0.2, 0) is 4.84 Å². The molecule has 0 aromatic carbocycles. The summed E-state index contributed by atoms with van der Waals surface area (Å²) in [5.74, 6) is 1.41. The minimum Gasteiger partial charge on any atom is -0.305 e. The first kappa shape index (κ1) is 12.0. The molecule has 4 aliphatic rings. The summed E-state index contributed by atoms with van der Waals surface area (Å²) in [4.78, 5) is 10.3. The number of imidazole rings is 1. The first-order chi connectivity index (χ1) is 10.3. The van der Waals surface area contributed by atoms with E-state index in [1.54, 1.807) is 0 Å². The lowest BCUT2D eigenvalue weighted by Gasteiger charge is -2.47. The molecule has 3 heterocycles. The Morgan fingerprint density at radius 1 is 1.24 bits per heavy atom. The van der Waals surface area contributed by atoms with E-state index in [4.69, 9.17) is 4.84 Å². The SMILES string of the molecule is c1cn2cc(N3NOC4(CC5CCC4CC5)N3)ccc2n1. The lowest BCUT2D eigenvalue weighted by Crippen LogP contribution is -2.57. The molecule has 1 atom stereocenters. The third-order valence-electron chi connectivity index (χ3n) is 5.35. The molecular weight excluding hydrogens is 266 g/mol. The largest absolute Gasteiger partial charge is 0.305 e. The normalized spacial score (nSPS) is 35.1. The Balaban J connectivity index is 1.44. The van der Waals surface area contributed by atoms with Crippen molar-refractivity contribution in [3.8, 4) is 0 Å². The fourth-order valence-corrected chi connectivity index (χ4v) is 4.21. The number of hydrogen-bond acceptors (Lipinski definition) is 5. The summed E-state index contributed by atoms with van der Waals surface area (Å²) in [6, 6.07) is 4.06. The van der Waals surface area contributed by atoms with Gasteiger partial charge in [0.1, 0.15) is 5.65 Å². The number of pyridine rings is 1. The van der Waals surface area contributed by atoms with Crippen LogP contribution in [0, 0.1) is 11.8 Å². The number of nitrogens with zero attached hydrogens (tertiary/aromatic N) is 3. The molecular formula is C15H19N5O. The van der Waals surface area contributed by atoms with Gasteiger partial charge in [-0.2, -0.15) is 5.43 Å². The summed E-state index contributed by atoms with van der Waals surface area (Å²) < 4.78 is 2.01. The van der Waals surface area contributed by atoms with Crippen LogP contribution in [0.5, 0.6) is 0 Å². The van der Waals surface area contributed by atoms with Crippen LogP contribution in [0.25, 0.3) is 5.65 Å². The molecule has 3 aliphatic carbocycles. The molecule has 2 N–H and O–H groups in total. The van der Waals surface area contributed by atoms with Crippen molar-refractivity contribution in [1.82, 2.24) is 20.4 Å². The topological polar surface area (TPSA) is 53.8 Å². The van der Waals surface area contributed by atoms with Gasteiger partial charge in [0.05, 0.1) is 5.69 Å². The fourth-order valence-electron chi connectivity index (χ4n) is 4.21. The zero-order valence-electron chi connectivity index (χ0n) is 11.8. The third-order valence-corrected chi connectivity index (χ3v) is 5.35. The van der Waals surface area contributed by atoms with Gasteiger partial charge in [0.15, 0.2) is 5.72 Å². The van der Waals surface area contributed by atoms with Crippen molar-refractivity contribution in [3.63, 3.8) is 0 Å². The second-order valence-electron chi connectivity index (χ2n) is 6.53. The minimum absolute atomic E-state index is 0.217. The summed E-state index contributed by atoms with van der Waals surface area (Å²) >= 11 is 0. The molecule has 1 aliphatic heterocycles. The van der Waals surface area contributed by atoms with Crippen LogP contribution in [-0.4, -0.2) is 15.1 Å². The van der Waals surface area contributed by atoms with Gasteiger partial charge in [-0.1, -0.05) is 5.59 Å². The Morgan fingerprint density at radius 3 is 2.95 bits per heavy atom. The molecule has 3 saturated carbocycles. The highest BCUT2D eigenvalue weighted by molar-refractivity contribution is 5.50. The standard InChI is InChI=1S/C15H19N5O/c1-3-12-4-2-11(1)9-15(12)17-20(18-21-15)13-5-6-14-16-7-8-19(14)10-13/h5-8,10-12,17-18H,1-4,9H2. The highest BCUT2D eigenvalue weighted by atomic mass is 16.7. The number of anilines is 1. The van der Waals surface area contributed by atoms with Crippen molar-refractivity contribution < 1.29 is 4.84 Å². The molecule has 4 fully saturated rings. The van der Waals surface area contributed by atoms with Crippen LogP contribution in [0.1, 0.15) is 32.1 Å². The molecule has 21 heavy (non-hydrogen) atoms. The fraction of sp³-hybridized carbons (Fsp3) is 0.533. The molecule has 6 heteroatoms. The number of hydrazine groups is 2. The molecule has 2 bridgehead atoms. The smallest absolute Gasteiger partial charge is 0.163 e. The maximum atomic E-state index is 6.02. The first-order valence-corrected chi connectivity index (χ1v) is 7.77. The van der Waals surface area contributed by atoms with Crippen molar-refractivity contribution >= 4 is 11.3 Å². The Morgan fingerprint density at radius 2 is 2.14 bits per heavy atom. The summed E-state index contributed by atoms with van der Waals surface area (Å²) in [6.45, 7) is 0. The van der Waals surface area contributed by atoms with Crippen LogP contribution >= 0.6 is 0 Å². The zero-order chi connectivity index (χ0) is 13.9. The quantitative estimate of drug-likeness (QED) is 0.839. The summed E-state index contributed by atoms with van der Waals surface area (Å²) in [5, 5.41) is 1.90. The van der Waals surface area contributed by atoms with Crippen molar-refractivity contribution in [2.24, 2.45) is 11.8 Å². The van der Waals surface area contributed by atoms with Crippen LogP contribution in [0.15, 0.2) is 30.7 Å². The molecule has 2 aromatic heterocycles. The first-order valence-electron chi connectivity index (χ1n) is 7.77. The van der Waals surface area contributed by atoms with Crippen LogP contribution in [0.2, 0.25) is 0 Å². The highest BCUT2D eigenvalue weighted by Crippen LogP contribution is 2.49. The average molecular weight is 285 g/mol. The van der Waals surface area contributed by atoms with E-state index in [-0.39, 0.29) is 5.72 Å². The zero-order valence-corrected chi connectivity index (χ0v) is 11.8. The van der Waals surface area contributed by atoms with Crippen molar-refractivity contribution in [3.05, 3.63) is 30.7 Å². The van der Waals surface area contributed by atoms with Gasteiger partial charge < -0.3 is 4.40 Å². The van der Waals surface area contributed by atoms with Crippen molar-refractivity contribution in [2.75, 3.05) is 5.12 Å². The maximum Gasteiger partial charge on any atom is 0.163 e. The lowest BCUT2D eigenvalue weighted by molar-refractivity contribution is -0.153. The van der Waals surface area contributed by atoms with Crippen LogP contribution < -0.4 is 16.1 Å². The van der Waals surface area contributed by atoms with Gasteiger partial charge in [0.25, 0.3) is 0 Å². The van der Waals surface area contributed by atoms with E-state index < -0.39 is 0 Å². The monoisotopic (exact) mass is 285 g/mol. The van der Waals surface area contributed by atoms with Gasteiger partial charge in [0.2, 0.25) is 0 Å². The Labute approximate surface area is 123 Å². The molecule has 6 nitrogen and oxygen atoms in total. The maximum absolute atomic E-state index is 6.02. The second kappa shape index (κ2) is 4.19. The molecule has 0 amide bonds. The molecule has 2 aromatic rings. The van der Waals surface area contributed by atoms with E-state index in [2.05, 4.69) is 16.0 Å². The molecule has 1 unspecified atom stereocenters. The number of nitrogens with one attached hydrogen (secondary N) is 2. The van der Waals surface area contributed by atoms with Gasteiger partial charge in [0, 0.05) is 24.5 Å². The van der Waals surface area contributed by atoms with Crippen molar-refractivity contribution in [2.45, 2.75) is 37.8 Å². The van der Waals surface area contributed by atoms with Crippen LogP contribution in [0.4, 0.5) is 5.69 Å². The number of fused-ring (bicyclic) bond motifs is 3. The average Bonchev–Trinajstić information content (AvgIpc) is 3.15. The Bertz CT molecular complexity index is 678. The van der Waals surface area contributed by atoms with E-state index >= 15 is 0 Å². The molecule has 0 radical (unpaired) electrons. The molecule has 1 saturated heterocycles. The predicted molar refractivity (Wildman–Crippen MR) is 77.8 cm³/mol. The van der Waals surface area contributed by atoms with Gasteiger partial charge >= 0.3 is 0 Å². The van der Waals surface area contributed by atoms with Crippen molar-refractivity contribution in [1.29, 1.82) is 0 Å².